The van der Waals surface area contributed by atoms with E-state index >= 15 is 0 Å². The van der Waals surface area contributed by atoms with Gasteiger partial charge in [-0.05, 0) is 23.3 Å². The summed E-state index contributed by atoms with van der Waals surface area (Å²) in [6, 6.07) is 11.0. The normalized spacial score (nSPS) is 13.6. The summed E-state index contributed by atoms with van der Waals surface area (Å²) in [6.45, 7) is 0.108. The van der Waals surface area contributed by atoms with E-state index in [0.717, 1.165) is 31.9 Å². The molecule has 0 amide bonds. The molecule has 26 heavy (non-hydrogen) atoms. The van der Waals surface area contributed by atoms with Crippen LogP contribution in [0.5, 0.6) is 0 Å². The van der Waals surface area contributed by atoms with Crippen LogP contribution in [0, 0.1) is 5.82 Å². The summed E-state index contributed by atoms with van der Waals surface area (Å²) in [6.07, 6.45) is -4.84. The van der Waals surface area contributed by atoms with Gasteiger partial charge in [-0.1, -0.05) is 36.4 Å². The standard InChI is InChI=1S/C17H18F4NO3P/c1-24-26(23,25-2)16(22-11-12-6-4-3-5-7-12)14-9-8-13(18)10-15(14)17(19,20)21/h3-10,16,22H,11H2,1-2H3. The lowest BCUT2D eigenvalue weighted by molar-refractivity contribution is -0.138. The fourth-order valence-corrected chi connectivity index (χ4v) is 3.95. The maximum Gasteiger partial charge on any atom is 0.416 e. The van der Waals surface area contributed by atoms with E-state index in [2.05, 4.69) is 5.32 Å². The molecule has 0 heterocycles. The molecule has 0 saturated carbocycles. The van der Waals surface area contributed by atoms with Crippen LogP contribution in [0.4, 0.5) is 17.6 Å². The molecule has 2 aromatic carbocycles. The number of hydrogen-bond donors (Lipinski definition) is 1. The monoisotopic (exact) mass is 391 g/mol. The molecule has 1 N–H and O–H groups in total. The molecule has 0 saturated heterocycles. The van der Waals surface area contributed by atoms with Crippen molar-refractivity contribution in [2.45, 2.75) is 18.5 Å². The molecule has 142 valence electrons. The first-order valence-electron chi connectivity index (χ1n) is 7.56. The second-order valence-electron chi connectivity index (χ2n) is 5.40. The van der Waals surface area contributed by atoms with Crippen LogP contribution >= 0.6 is 7.60 Å². The summed E-state index contributed by atoms with van der Waals surface area (Å²) < 4.78 is 76.2. The van der Waals surface area contributed by atoms with Gasteiger partial charge in [0, 0.05) is 20.8 Å². The fraction of sp³-hybridized carbons (Fsp3) is 0.294. The maximum absolute atomic E-state index is 13.4. The van der Waals surface area contributed by atoms with Gasteiger partial charge in [0.15, 0.2) is 0 Å². The highest BCUT2D eigenvalue weighted by atomic mass is 31.2. The van der Waals surface area contributed by atoms with Crippen molar-refractivity contribution in [3.8, 4) is 0 Å². The van der Waals surface area contributed by atoms with Crippen molar-refractivity contribution in [3.63, 3.8) is 0 Å². The second-order valence-corrected chi connectivity index (χ2v) is 7.73. The summed E-state index contributed by atoms with van der Waals surface area (Å²) in [7, 11) is -1.83. The number of nitrogens with one attached hydrogen (secondary N) is 1. The predicted molar refractivity (Wildman–Crippen MR) is 89.0 cm³/mol. The zero-order valence-electron chi connectivity index (χ0n) is 14.1. The Labute approximate surface area is 148 Å². The van der Waals surface area contributed by atoms with Crippen molar-refractivity contribution in [3.05, 3.63) is 71.0 Å². The van der Waals surface area contributed by atoms with Crippen LogP contribution in [0.1, 0.15) is 22.5 Å². The van der Waals surface area contributed by atoms with Gasteiger partial charge in [0.25, 0.3) is 0 Å². The van der Waals surface area contributed by atoms with E-state index < -0.39 is 36.5 Å². The van der Waals surface area contributed by atoms with Crippen LogP contribution in [0.3, 0.4) is 0 Å². The van der Waals surface area contributed by atoms with Crippen molar-refractivity contribution in [1.82, 2.24) is 5.32 Å². The summed E-state index contributed by atoms with van der Waals surface area (Å²) >= 11 is 0. The van der Waals surface area contributed by atoms with Crippen molar-refractivity contribution < 1.29 is 31.2 Å². The molecule has 0 bridgehead atoms. The third kappa shape index (κ3) is 4.71. The van der Waals surface area contributed by atoms with E-state index in [0.29, 0.717) is 6.07 Å². The Bertz CT molecular complexity index is 775. The number of rotatable bonds is 7. The van der Waals surface area contributed by atoms with Crippen molar-refractivity contribution >= 4 is 7.60 Å². The zero-order valence-corrected chi connectivity index (χ0v) is 15.0. The molecule has 2 aromatic rings. The zero-order chi connectivity index (χ0) is 19.4. The molecule has 9 heteroatoms. The molecule has 0 aromatic heterocycles. The fourth-order valence-electron chi connectivity index (χ4n) is 2.50. The van der Waals surface area contributed by atoms with Gasteiger partial charge in [-0.3, -0.25) is 9.88 Å². The van der Waals surface area contributed by atoms with Crippen molar-refractivity contribution in [1.29, 1.82) is 0 Å². The average molecular weight is 391 g/mol. The van der Waals surface area contributed by atoms with E-state index in [1.807, 2.05) is 0 Å². The summed E-state index contributed by atoms with van der Waals surface area (Å²) in [5.74, 6) is -2.48. The Morgan fingerprint density at radius 2 is 1.69 bits per heavy atom. The first-order chi connectivity index (χ1) is 12.2. The van der Waals surface area contributed by atoms with Crippen LogP contribution in [-0.2, 0) is 26.3 Å². The number of alkyl halides is 3. The van der Waals surface area contributed by atoms with E-state index in [4.69, 9.17) is 9.05 Å². The van der Waals surface area contributed by atoms with Crippen molar-refractivity contribution in [2.75, 3.05) is 14.2 Å². The van der Waals surface area contributed by atoms with Crippen LogP contribution in [0.15, 0.2) is 48.5 Å². The van der Waals surface area contributed by atoms with Crippen LogP contribution in [-0.4, -0.2) is 14.2 Å². The lowest BCUT2D eigenvalue weighted by Gasteiger charge is -2.28. The number of hydrogen-bond acceptors (Lipinski definition) is 4. The molecule has 0 aliphatic carbocycles. The van der Waals surface area contributed by atoms with Gasteiger partial charge in [-0.2, -0.15) is 13.2 Å². The highest BCUT2D eigenvalue weighted by molar-refractivity contribution is 7.54. The summed E-state index contributed by atoms with van der Waals surface area (Å²) in [5, 5.41) is 2.79. The quantitative estimate of drug-likeness (QED) is 0.526. The van der Waals surface area contributed by atoms with E-state index in [1.54, 1.807) is 30.3 Å². The van der Waals surface area contributed by atoms with Crippen molar-refractivity contribution in [2.24, 2.45) is 0 Å². The maximum atomic E-state index is 13.4. The molecule has 0 radical (unpaired) electrons. The van der Waals surface area contributed by atoms with Gasteiger partial charge in [0.1, 0.15) is 11.6 Å². The Kier molecular flexibility index (Phi) is 6.58. The molecule has 4 nitrogen and oxygen atoms in total. The number of halogens is 4. The van der Waals surface area contributed by atoms with Gasteiger partial charge >= 0.3 is 13.8 Å². The molecule has 1 unspecified atom stereocenters. The molecule has 0 fully saturated rings. The molecule has 2 rings (SSSR count). The molecular weight excluding hydrogens is 373 g/mol. The highest BCUT2D eigenvalue weighted by Crippen LogP contribution is 2.59. The van der Waals surface area contributed by atoms with E-state index in [9.17, 15) is 22.1 Å². The Hall–Kier alpha value is -1.73. The Morgan fingerprint density at radius 3 is 2.23 bits per heavy atom. The smallest absolute Gasteiger partial charge is 0.311 e. The van der Waals surface area contributed by atoms with Gasteiger partial charge in [-0.25, -0.2) is 4.39 Å². The summed E-state index contributed by atoms with van der Waals surface area (Å²) in [4.78, 5) is 0. The lowest BCUT2D eigenvalue weighted by Crippen LogP contribution is -2.25. The first kappa shape index (κ1) is 20.6. The summed E-state index contributed by atoms with van der Waals surface area (Å²) in [5.41, 5.74) is -0.897. The number of benzene rings is 2. The average Bonchev–Trinajstić information content (AvgIpc) is 2.62. The van der Waals surface area contributed by atoms with E-state index in [1.165, 1.54) is 0 Å². The van der Waals surface area contributed by atoms with Crippen LogP contribution in [0.2, 0.25) is 0 Å². The minimum atomic E-state index is -4.84. The second kappa shape index (κ2) is 8.31. The predicted octanol–water partition coefficient (Wildman–Crippen LogP) is 5.12. The van der Waals surface area contributed by atoms with Gasteiger partial charge in [-0.15, -0.1) is 0 Å². The first-order valence-corrected chi connectivity index (χ1v) is 9.17. The highest BCUT2D eigenvalue weighted by Gasteiger charge is 2.42. The molecular formula is C17H18F4NO3P. The molecule has 0 aliphatic rings. The van der Waals surface area contributed by atoms with Gasteiger partial charge < -0.3 is 9.05 Å². The topological polar surface area (TPSA) is 47.6 Å². The Balaban J connectivity index is 2.49. The van der Waals surface area contributed by atoms with Crippen LogP contribution < -0.4 is 5.32 Å². The largest absolute Gasteiger partial charge is 0.416 e. The van der Waals surface area contributed by atoms with Crippen LogP contribution in [0.25, 0.3) is 0 Å². The third-order valence-electron chi connectivity index (χ3n) is 3.78. The van der Waals surface area contributed by atoms with E-state index in [-0.39, 0.29) is 6.54 Å². The van der Waals surface area contributed by atoms with Gasteiger partial charge in [0.2, 0.25) is 0 Å². The Morgan fingerprint density at radius 1 is 1.08 bits per heavy atom. The lowest BCUT2D eigenvalue weighted by atomic mass is 10.1. The van der Waals surface area contributed by atoms with Gasteiger partial charge in [0.05, 0.1) is 5.56 Å². The minimum absolute atomic E-state index is 0.108. The molecule has 0 spiro atoms. The SMILES string of the molecule is COP(=O)(OC)C(NCc1ccccc1)c1ccc(F)cc1C(F)(F)F. The molecule has 1 atom stereocenters. The minimum Gasteiger partial charge on any atom is -0.311 e. The third-order valence-corrected chi connectivity index (χ3v) is 5.89. The molecule has 0 aliphatic heterocycles.